The molecule has 2 heterocycles. The molecule has 0 aliphatic carbocycles. The molecule has 0 bridgehead atoms. The zero-order valence-corrected chi connectivity index (χ0v) is 18.8. The molecule has 0 spiro atoms. The highest BCUT2D eigenvalue weighted by Crippen LogP contribution is 2.36. The number of fused-ring (bicyclic) bond motifs is 1. The summed E-state index contributed by atoms with van der Waals surface area (Å²) in [4.78, 5) is 30.4. The van der Waals surface area contributed by atoms with Crippen LogP contribution in [0.15, 0.2) is 41.8 Å². The van der Waals surface area contributed by atoms with E-state index in [0.717, 1.165) is 17.9 Å². The van der Waals surface area contributed by atoms with Gasteiger partial charge in [-0.25, -0.2) is 0 Å². The van der Waals surface area contributed by atoms with Gasteiger partial charge in [-0.1, -0.05) is 45.9 Å². The fraction of sp³-hybridized carbons (Fsp3) is 0.478. The van der Waals surface area contributed by atoms with Crippen LogP contribution in [0.5, 0.6) is 0 Å². The van der Waals surface area contributed by atoms with Gasteiger partial charge in [0, 0.05) is 24.9 Å². The number of nitrogens with zero attached hydrogens (tertiary/aromatic N) is 2. The van der Waals surface area contributed by atoms with Gasteiger partial charge in [0.2, 0.25) is 11.8 Å². The van der Waals surface area contributed by atoms with E-state index in [2.05, 4.69) is 44.0 Å². The number of hydrogen-bond acceptors (Lipinski definition) is 4. The van der Waals surface area contributed by atoms with E-state index in [9.17, 15) is 9.59 Å². The Bertz CT molecular complexity index is 857. The number of rotatable bonds is 4. The van der Waals surface area contributed by atoms with E-state index in [-0.39, 0.29) is 35.7 Å². The van der Waals surface area contributed by atoms with Crippen LogP contribution in [0.25, 0.3) is 0 Å². The van der Waals surface area contributed by atoms with Crippen molar-refractivity contribution in [3.05, 3.63) is 46.7 Å². The third-order valence-electron chi connectivity index (χ3n) is 5.25. The molecule has 0 fully saturated rings. The number of thiophene rings is 1. The minimum atomic E-state index is -0.0874. The summed E-state index contributed by atoms with van der Waals surface area (Å²) in [7, 11) is 0. The first-order valence-electron chi connectivity index (χ1n) is 10.1. The van der Waals surface area contributed by atoms with Gasteiger partial charge in [-0.2, -0.15) is 0 Å². The van der Waals surface area contributed by atoms with Crippen molar-refractivity contribution in [1.82, 2.24) is 5.32 Å². The summed E-state index contributed by atoms with van der Waals surface area (Å²) >= 11 is 1.67. The van der Waals surface area contributed by atoms with Gasteiger partial charge in [-0.15, -0.1) is 11.3 Å². The van der Waals surface area contributed by atoms with Crippen LogP contribution in [0, 0.1) is 11.3 Å². The van der Waals surface area contributed by atoms with Crippen LogP contribution in [0.1, 0.15) is 45.5 Å². The molecule has 1 aromatic carbocycles. The monoisotopic (exact) mass is 413 g/mol. The van der Waals surface area contributed by atoms with Crippen LogP contribution in [-0.4, -0.2) is 31.4 Å². The summed E-state index contributed by atoms with van der Waals surface area (Å²) in [5, 5.41) is 5.30. The lowest BCUT2D eigenvalue weighted by Crippen LogP contribution is -2.43. The molecular formula is C23H31N3O2S. The Labute approximate surface area is 177 Å². The first kappa shape index (κ1) is 21.4. The van der Waals surface area contributed by atoms with Gasteiger partial charge in [0.25, 0.3) is 0 Å². The van der Waals surface area contributed by atoms with Crippen LogP contribution >= 0.6 is 11.3 Å². The zero-order chi connectivity index (χ0) is 21.2. The van der Waals surface area contributed by atoms with Gasteiger partial charge in [0.1, 0.15) is 0 Å². The molecule has 1 N–H and O–H groups in total. The maximum atomic E-state index is 13.1. The van der Waals surface area contributed by atoms with Gasteiger partial charge < -0.3 is 15.1 Å². The molecule has 0 saturated heterocycles. The van der Waals surface area contributed by atoms with E-state index in [1.54, 1.807) is 18.3 Å². The molecule has 2 atom stereocenters. The van der Waals surface area contributed by atoms with Gasteiger partial charge in [0.05, 0.1) is 24.0 Å². The standard InChI is InChI=1S/C23H31N3O2S/c1-16-13-25(18-9-6-7-10-19(18)26(14-16)17(2)27)15-21(28)24-22(23(3,4)5)20-11-8-12-29-20/h6-12,16,22H,13-15H2,1-5H3,(H,24,28)/t16-,22-/m0/s1. The van der Waals surface area contributed by atoms with Crippen molar-refractivity contribution >= 4 is 34.5 Å². The largest absolute Gasteiger partial charge is 0.360 e. The van der Waals surface area contributed by atoms with E-state index in [0.29, 0.717) is 6.54 Å². The summed E-state index contributed by atoms with van der Waals surface area (Å²) in [5.41, 5.74) is 1.73. The molecule has 1 aromatic heterocycles. The first-order chi connectivity index (χ1) is 13.7. The second kappa shape index (κ2) is 8.57. The zero-order valence-electron chi connectivity index (χ0n) is 17.9. The molecule has 156 valence electrons. The third-order valence-corrected chi connectivity index (χ3v) is 6.19. The first-order valence-corrected chi connectivity index (χ1v) is 11.0. The van der Waals surface area contributed by atoms with Crippen molar-refractivity contribution in [3.63, 3.8) is 0 Å². The SMILES string of the molecule is CC(=O)N1C[C@@H](C)CN(CC(=O)N[C@@H](c2cccs2)C(C)(C)C)c2ccccc21. The van der Waals surface area contributed by atoms with Crippen LogP contribution in [0.3, 0.4) is 0 Å². The molecule has 3 rings (SSSR count). The number of benzene rings is 1. The summed E-state index contributed by atoms with van der Waals surface area (Å²) < 4.78 is 0. The number of carbonyl (C=O) groups is 2. The molecular weight excluding hydrogens is 382 g/mol. The van der Waals surface area contributed by atoms with E-state index >= 15 is 0 Å². The molecule has 5 nitrogen and oxygen atoms in total. The number of anilines is 2. The Morgan fingerprint density at radius 2 is 1.83 bits per heavy atom. The van der Waals surface area contributed by atoms with Gasteiger partial charge in [0.15, 0.2) is 0 Å². The normalized spacial score (nSPS) is 18.0. The maximum absolute atomic E-state index is 13.1. The van der Waals surface area contributed by atoms with E-state index in [1.165, 1.54) is 4.88 Å². The Balaban J connectivity index is 1.83. The van der Waals surface area contributed by atoms with E-state index in [4.69, 9.17) is 0 Å². The van der Waals surface area contributed by atoms with Crippen molar-refractivity contribution < 1.29 is 9.59 Å². The fourth-order valence-electron chi connectivity index (χ4n) is 3.90. The molecule has 29 heavy (non-hydrogen) atoms. The Hall–Kier alpha value is -2.34. The van der Waals surface area contributed by atoms with Crippen molar-refractivity contribution in [2.24, 2.45) is 11.3 Å². The number of amides is 2. The smallest absolute Gasteiger partial charge is 0.240 e. The van der Waals surface area contributed by atoms with Crippen LogP contribution in [0.4, 0.5) is 11.4 Å². The highest BCUT2D eigenvalue weighted by molar-refractivity contribution is 7.10. The molecule has 2 amide bonds. The molecule has 1 aliphatic rings. The summed E-state index contributed by atoms with van der Waals surface area (Å²) in [5.74, 6) is 0.285. The van der Waals surface area contributed by atoms with Crippen LogP contribution < -0.4 is 15.1 Å². The van der Waals surface area contributed by atoms with Crippen LogP contribution in [-0.2, 0) is 9.59 Å². The van der Waals surface area contributed by atoms with Crippen molar-refractivity contribution in [3.8, 4) is 0 Å². The van der Waals surface area contributed by atoms with Gasteiger partial charge >= 0.3 is 0 Å². The number of nitrogens with one attached hydrogen (secondary N) is 1. The quantitative estimate of drug-likeness (QED) is 0.805. The lowest BCUT2D eigenvalue weighted by molar-refractivity contribution is -0.121. The summed E-state index contributed by atoms with van der Waals surface area (Å²) in [6.07, 6.45) is 0. The van der Waals surface area contributed by atoms with Crippen molar-refractivity contribution in [1.29, 1.82) is 0 Å². The molecule has 0 saturated carbocycles. The second-order valence-corrected chi connectivity index (χ2v) is 9.97. The van der Waals surface area contributed by atoms with Gasteiger partial charge in [-0.05, 0) is 34.9 Å². The second-order valence-electron chi connectivity index (χ2n) is 8.99. The third kappa shape index (κ3) is 4.99. The number of carbonyl (C=O) groups excluding carboxylic acids is 2. The average Bonchev–Trinajstić information content (AvgIpc) is 3.12. The fourth-order valence-corrected chi connectivity index (χ4v) is 4.92. The highest BCUT2D eigenvalue weighted by atomic mass is 32.1. The van der Waals surface area contributed by atoms with E-state index in [1.807, 2.05) is 40.6 Å². The van der Waals surface area contributed by atoms with Gasteiger partial charge in [-0.3, -0.25) is 9.59 Å². The van der Waals surface area contributed by atoms with Crippen molar-refractivity contribution in [2.75, 3.05) is 29.4 Å². The van der Waals surface area contributed by atoms with Crippen molar-refractivity contribution in [2.45, 2.75) is 40.7 Å². The number of para-hydroxylation sites is 2. The predicted octanol–water partition coefficient (Wildman–Crippen LogP) is 4.46. The molecule has 2 aromatic rings. The average molecular weight is 414 g/mol. The molecule has 1 aliphatic heterocycles. The maximum Gasteiger partial charge on any atom is 0.240 e. The predicted molar refractivity (Wildman–Crippen MR) is 121 cm³/mol. The Morgan fingerprint density at radius 3 is 2.41 bits per heavy atom. The van der Waals surface area contributed by atoms with Crippen LogP contribution in [0.2, 0.25) is 0 Å². The lowest BCUT2D eigenvalue weighted by atomic mass is 9.85. The Kier molecular flexibility index (Phi) is 6.32. The lowest BCUT2D eigenvalue weighted by Gasteiger charge is -2.32. The minimum Gasteiger partial charge on any atom is -0.360 e. The van der Waals surface area contributed by atoms with E-state index < -0.39 is 0 Å². The summed E-state index contributed by atoms with van der Waals surface area (Å²) in [6.45, 7) is 11.8. The summed E-state index contributed by atoms with van der Waals surface area (Å²) in [6, 6.07) is 11.9. The number of hydrogen-bond donors (Lipinski definition) is 1. The topological polar surface area (TPSA) is 52.7 Å². The minimum absolute atomic E-state index is 0.00315. The molecule has 6 heteroatoms. The Morgan fingerprint density at radius 1 is 1.14 bits per heavy atom. The highest BCUT2D eigenvalue weighted by Gasteiger charge is 2.31. The molecule has 0 unspecified atom stereocenters. The molecule has 0 radical (unpaired) electrons.